The molecule has 5 unspecified atom stereocenters. The predicted molar refractivity (Wildman–Crippen MR) is 116 cm³/mol. The molecule has 0 aromatic heterocycles. The number of aromatic hydroxyl groups is 1. The number of ether oxygens (including phenoxy) is 1. The van der Waals surface area contributed by atoms with Gasteiger partial charge in [-0.25, -0.2) is 0 Å². The monoisotopic (exact) mass is 437 g/mol. The van der Waals surface area contributed by atoms with Crippen molar-refractivity contribution in [3.05, 3.63) is 77.1 Å². The number of rotatable bonds is 3. The van der Waals surface area contributed by atoms with Gasteiger partial charge in [0.15, 0.2) is 11.5 Å². The van der Waals surface area contributed by atoms with E-state index in [4.69, 9.17) is 16.3 Å². The van der Waals surface area contributed by atoms with Crippen LogP contribution >= 0.6 is 11.6 Å². The van der Waals surface area contributed by atoms with E-state index in [2.05, 4.69) is 6.92 Å². The lowest BCUT2D eigenvalue weighted by Crippen LogP contribution is -2.44. The Morgan fingerprint density at radius 2 is 1.87 bits per heavy atom. The lowest BCUT2D eigenvalue weighted by molar-refractivity contribution is -0.136. The summed E-state index contributed by atoms with van der Waals surface area (Å²) >= 11 is 6.50. The van der Waals surface area contributed by atoms with Gasteiger partial charge in [-0.15, -0.1) is 11.6 Å². The van der Waals surface area contributed by atoms with E-state index in [0.29, 0.717) is 30.5 Å². The maximum atomic E-state index is 13.7. The number of benzene rings is 2. The van der Waals surface area contributed by atoms with Crippen molar-refractivity contribution in [2.24, 2.45) is 11.8 Å². The molecular formula is C25H24ClNO4. The van der Waals surface area contributed by atoms with Crippen LogP contribution in [0.3, 0.4) is 0 Å². The lowest BCUT2D eigenvalue weighted by Gasteiger charge is -2.40. The van der Waals surface area contributed by atoms with Gasteiger partial charge < -0.3 is 14.7 Å². The van der Waals surface area contributed by atoms with Gasteiger partial charge in [0.25, 0.3) is 5.91 Å². The van der Waals surface area contributed by atoms with E-state index in [9.17, 15) is 14.7 Å². The Kier molecular flexibility index (Phi) is 5.01. The molecule has 31 heavy (non-hydrogen) atoms. The summed E-state index contributed by atoms with van der Waals surface area (Å²) in [6.07, 6.45) is 0.883. The second kappa shape index (κ2) is 7.72. The van der Waals surface area contributed by atoms with Gasteiger partial charge in [-0.1, -0.05) is 49.4 Å². The molecule has 5 nitrogen and oxygen atoms in total. The van der Waals surface area contributed by atoms with Gasteiger partial charge >= 0.3 is 0 Å². The first-order valence-electron chi connectivity index (χ1n) is 10.7. The van der Waals surface area contributed by atoms with Crippen molar-refractivity contribution in [1.29, 1.82) is 0 Å². The molecule has 2 aromatic carbocycles. The molecule has 2 heterocycles. The highest BCUT2D eigenvalue weighted by molar-refractivity contribution is 6.21. The zero-order valence-corrected chi connectivity index (χ0v) is 18.0. The number of Topliss-reactive ketones (excluding diaryl/α,β-unsaturated/α-hetero) is 1. The molecule has 1 saturated carbocycles. The van der Waals surface area contributed by atoms with Crippen LogP contribution in [0.5, 0.6) is 5.75 Å². The molecule has 0 saturated heterocycles. The molecule has 5 atom stereocenters. The first-order chi connectivity index (χ1) is 14.9. The molecule has 2 aliphatic heterocycles. The molecular weight excluding hydrogens is 414 g/mol. The van der Waals surface area contributed by atoms with E-state index >= 15 is 0 Å². The van der Waals surface area contributed by atoms with Crippen molar-refractivity contribution in [3.63, 3.8) is 0 Å². The van der Waals surface area contributed by atoms with Gasteiger partial charge in [0.05, 0.1) is 17.5 Å². The molecule has 2 aromatic rings. The van der Waals surface area contributed by atoms with E-state index < -0.39 is 6.04 Å². The number of halogens is 1. The minimum atomic E-state index is -0.601. The van der Waals surface area contributed by atoms with Gasteiger partial charge in [0.2, 0.25) is 0 Å². The van der Waals surface area contributed by atoms with E-state index in [1.165, 1.54) is 0 Å². The number of ketones is 1. The number of hydrogen-bond donors (Lipinski definition) is 1. The van der Waals surface area contributed by atoms with Gasteiger partial charge in [-0.05, 0) is 42.0 Å². The summed E-state index contributed by atoms with van der Waals surface area (Å²) in [5.74, 6) is -0.206. The molecule has 1 amide bonds. The van der Waals surface area contributed by atoms with Crippen molar-refractivity contribution in [2.45, 2.75) is 43.8 Å². The number of phenols is 1. The molecule has 1 N–H and O–H groups in total. The normalized spacial score (nSPS) is 30.1. The zero-order valence-electron chi connectivity index (χ0n) is 17.2. The van der Waals surface area contributed by atoms with Crippen LogP contribution in [0.25, 0.3) is 0 Å². The molecule has 5 rings (SSSR count). The number of nitrogens with zero attached hydrogens (tertiary/aromatic N) is 1. The summed E-state index contributed by atoms with van der Waals surface area (Å²) in [5, 5.41) is 9.99. The Labute approximate surface area is 186 Å². The smallest absolute Gasteiger partial charge is 0.290 e. The Hall–Kier alpha value is -2.79. The fraction of sp³-hybridized carbons (Fsp3) is 0.360. The van der Waals surface area contributed by atoms with Gasteiger partial charge in [-0.3, -0.25) is 9.59 Å². The molecule has 160 valence electrons. The van der Waals surface area contributed by atoms with Crippen molar-refractivity contribution in [2.75, 3.05) is 0 Å². The highest BCUT2D eigenvalue weighted by Gasteiger charge is 2.53. The van der Waals surface area contributed by atoms with E-state index in [1.54, 1.807) is 23.1 Å². The highest BCUT2D eigenvalue weighted by Crippen LogP contribution is 2.48. The zero-order chi connectivity index (χ0) is 21.7. The minimum Gasteiger partial charge on any atom is -0.508 e. The predicted octanol–water partition coefficient (Wildman–Crippen LogP) is 4.35. The molecule has 0 spiro atoms. The highest BCUT2D eigenvalue weighted by atomic mass is 35.5. The first-order valence-corrected chi connectivity index (χ1v) is 11.1. The number of hydrogen-bond acceptors (Lipinski definition) is 4. The van der Waals surface area contributed by atoms with Crippen LogP contribution in [0.4, 0.5) is 0 Å². The maximum Gasteiger partial charge on any atom is 0.290 e. The van der Waals surface area contributed by atoms with Crippen molar-refractivity contribution < 1.29 is 19.4 Å². The van der Waals surface area contributed by atoms with E-state index in [-0.39, 0.29) is 46.5 Å². The largest absolute Gasteiger partial charge is 0.508 e. The number of carbonyl (C=O) groups excluding carboxylic acids is 2. The Morgan fingerprint density at radius 3 is 2.61 bits per heavy atom. The van der Waals surface area contributed by atoms with Crippen LogP contribution in [-0.2, 0) is 20.9 Å². The number of amides is 1. The standard InChI is InChI=1S/C25H24ClNO4/c1-14-10-20-18(12-19(14)26)23(29)21-22(16-8-5-9-17(28)11-16)27(25(30)24(21)31-20)13-15-6-3-2-4-7-15/h2-9,11,14,18-20,22,28H,10,12-13H2,1H3. The third-order valence-electron chi connectivity index (χ3n) is 6.69. The van der Waals surface area contributed by atoms with Gasteiger partial charge in [-0.2, -0.15) is 0 Å². The summed E-state index contributed by atoms with van der Waals surface area (Å²) in [6, 6.07) is 15.8. The van der Waals surface area contributed by atoms with Crippen LogP contribution in [0.2, 0.25) is 0 Å². The Balaban J connectivity index is 1.58. The number of phenolic OH excluding ortho intramolecular Hbond substituents is 1. The molecule has 6 heteroatoms. The number of alkyl halides is 1. The summed E-state index contributed by atoms with van der Waals surface area (Å²) < 4.78 is 6.21. The molecule has 3 aliphatic rings. The van der Waals surface area contributed by atoms with Gasteiger partial charge in [0.1, 0.15) is 11.9 Å². The Bertz CT molecular complexity index is 1070. The summed E-state index contributed by atoms with van der Waals surface area (Å²) in [7, 11) is 0. The van der Waals surface area contributed by atoms with E-state index in [1.807, 2.05) is 36.4 Å². The second-order valence-electron chi connectivity index (χ2n) is 8.75. The molecule has 1 fully saturated rings. The summed E-state index contributed by atoms with van der Waals surface area (Å²) in [4.78, 5) is 28.8. The van der Waals surface area contributed by atoms with Gasteiger partial charge in [0, 0.05) is 11.9 Å². The topological polar surface area (TPSA) is 66.8 Å². The van der Waals surface area contributed by atoms with Crippen LogP contribution in [0.1, 0.15) is 36.9 Å². The molecule has 0 radical (unpaired) electrons. The summed E-state index contributed by atoms with van der Waals surface area (Å²) in [6.45, 7) is 2.40. The molecule has 0 bridgehead atoms. The number of carbonyl (C=O) groups is 2. The average molecular weight is 438 g/mol. The van der Waals surface area contributed by atoms with Crippen LogP contribution in [0.15, 0.2) is 65.9 Å². The molecule has 1 aliphatic carbocycles. The summed E-state index contributed by atoms with van der Waals surface area (Å²) in [5.41, 5.74) is 2.04. The minimum absolute atomic E-state index is 0.0546. The fourth-order valence-electron chi connectivity index (χ4n) is 5.05. The average Bonchev–Trinajstić information content (AvgIpc) is 3.03. The van der Waals surface area contributed by atoms with Crippen molar-refractivity contribution in [3.8, 4) is 5.75 Å². The Morgan fingerprint density at radius 1 is 1.10 bits per heavy atom. The lowest BCUT2D eigenvalue weighted by atomic mass is 9.74. The number of fused-ring (bicyclic) bond motifs is 1. The second-order valence-corrected chi connectivity index (χ2v) is 9.31. The third-order valence-corrected chi connectivity index (χ3v) is 7.30. The van der Waals surface area contributed by atoms with Crippen molar-refractivity contribution >= 4 is 23.3 Å². The first kappa shape index (κ1) is 20.1. The van der Waals surface area contributed by atoms with Crippen LogP contribution in [0, 0.1) is 11.8 Å². The van der Waals surface area contributed by atoms with Crippen LogP contribution in [-0.4, -0.2) is 33.2 Å². The fourth-order valence-corrected chi connectivity index (χ4v) is 5.35. The SMILES string of the molecule is CC1CC2OC3=C(C(=O)C2CC1Cl)C(c1cccc(O)c1)N(Cc1ccccc1)C3=O. The quantitative estimate of drug-likeness (QED) is 0.725. The maximum absolute atomic E-state index is 13.7. The third kappa shape index (κ3) is 3.41. The van der Waals surface area contributed by atoms with E-state index in [0.717, 1.165) is 5.56 Å². The van der Waals surface area contributed by atoms with Crippen LogP contribution < -0.4 is 0 Å². The van der Waals surface area contributed by atoms with Crippen molar-refractivity contribution in [1.82, 2.24) is 4.90 Å².